The molecule has 0 saturated carbocycles. The van der Waals surface area contributed by atoms with Crippen molar-refractivity contribution in [1.82, 2.24) is 10.0 Å². The number of nitrogens with one attached hydrogen (secondary N) is 2. The van der Waals surface area contributed by atoms with Gasteiger partial charge in [-0.05, 0) is 36.1 Å². The maximum atomic E-state index is 13.7. The Morgan fingerprint density at radius 2 is 1.72 bits per heavy atom. The Bertz CT molecular complexity index is 1470. The van der Waals surface area contributed by atoms with Crippen LogP contribution in [0.25, 0.3) is 16.5 Å². The van der Waals surface area contributed by atoms with E-state index in [2.05, 4.69) is 10.0 Å². The Balaban J connectivity index is 1.74. The molecule has 1 aliphatic carbocycles. The molecule has 0 aliphatic heterocycles. The number of para-hydroxylation sites is 1. The largest absolute Gasteiger partial charge is 0.480 e. The standard InChI is InChI=1S/C27H28N2O6S/c1-17(2)23(26(31)32)29-36(33,34)27(15-13-20(14-16-27)19-9-5-4-6-10-19)28-25(30)24-18(3)21-11-7-8-12-22(21)35-24/h4-15,17,23,29H,16H2,1-3H3,(H,28,30)(H,31,32)/t23-,27?/m1/s1. The van der Waals surface area contributed by atoms with Crippen LogP contribution in [0.3, 0.4) is 0 Å². The molecular formula is C27H28N2O6S. The zero-order chi connectivity index (χ0) is 26.1. The molecular weight excluding hydrogens is 480 g/mol. The molecule has 0 saturated heterocycles. The third-order valence-corrected chi connectivity index (χ3v) is 8.26. The van der Waals surface area contributed by atoms with Crippen LogP contribution in [0.5, 0.6) is 0 Å². The molecule has 1 heterocycles. The second-order valence-corrected chi connectivity index (χ2v) is 11.1. The van der Waals surface area contributed by atoms with Gasteiger partial charge in [-0.2, -0.15) is 4.72 Å². The lowest BCUT2D eigenvalue weighted by atomic mass is 9.96. The van der Waals surface area contributed by atoms with Gasteiger partial charge < -0.3 is 14.8 Å². The van der Waals surface area contributed by atoms with Gasteiger partial charge in [0.25, 0.3) is 5.91 Å². The fraction of sp³-hybridized carbons (Fsp3) is 0.259. The number of hydrogen-bond acceptors (Lipinski definition) is 5. The Morgan fingerprint density at radius 3 is 2.31 bits per heavy atom. The van der Waals surface area contributed by atoms with Crippen LogP contribution in [0.4, 0.5) is 0 Å². The Kier molecular flexibility index (Phi) is 6.88. The number of fused-ring (bicyclic) bond motifs is 1. The monoisotopic (exact) mass is 508 g/mol. The minimum absolute atomic E-state index is 0.00402. The summed E-state index contributed by atoms with van der Waals surface area (Å²) >= 11 is 0. The van der Waals surface area contributed by atoms with Gasteiger partial charge in [0, 0.05) is 17.4 Å². The maximum absolute atomic E-state index is 13.7. The van der Waals surface area contributed by atoms with Crippen molar-refractivity contribution >= 4 is 38.4 Å². The molecule has 4 rings (SSSR count). The van der Waals surface area contributed by atoms with Gasteiger partial charge in [-0.25, -0.2) is 8.42 Å². The third kappa shape index (κ3) is 4.72. The molecule has 0 bridgehead atoms. The molecule has 3 aromatic rings. The Hall–Kier alpha value is -3.69. The highest BCUT2D eigenvalue weighted by atomic mass is 32.2. The molecule has 0 fully saturated rings. The van der Waals surface area contributed by atoms with Crippen molar-refractivity contribution in [3.63, 3.8) is 0 Å². The molecule has 0 radical (unpaired) electrons. The van der Waals surface area contributed by atoms with Crippen LogP contribution in [0, 0.1) is 12.8 Å². The van der Waals surface area contributed by atoms with E-state index in [9.17, 15) is 23.1 Å². The number of sulfonamides is 1. The molecule has 2 aromatic carbocycles. The minimum Gasteiger partial charge on any atom is -0.480 e. The first kappa shape index (κ1) is 25.4. The number of carbonyl (C=O) groups excluding carboxylic acids is 1. The first-order valence-corrected chi connectivity index (χ1v) is 13.0. The van der Waals surface area contributed by atoms with Crippen molar-refractivity contribution in [3.05, 3.63) is 89.7 Å². The predicted octanol–water partition coefficient (Wildman–Crippen LogP) is 4.24. The van der Waals surface area contributed by atoms with E-state index >= 15 is 0 Å². The van der Waals surface area contributed by atoms with E-state index in [1.54, 1.807) is 45.1 Å². The van der Waals surface area contributed by atoms with Crippen molar-refractivity contribution in [2.75, 3.05) is 0 Å². The number of carbonyl (C=O) groups is 2. The smallest absolute Gasteiger partial charge is 0.321 e. The van der Waals surface area contributed by atoms with E-state index in [1.165, 1.54) is 6.08 Å². The number of rotatable bonds is 8. The summed E-state index contributed by atoms with van der Waals surface area (Å²) in [5, 5.41) is 13.0. The zero-order valence-electron chi connectivity index (χ0n) is 20.2. The van der Waals surface area contributed by atoms with Crippen molar-refractivity contribution < 1.29 is 27.5 Å². The average molecular weight is 509 g/mol. The number of amides is 1. The number of furan rings is 1. The topological polar surface area (TPSA) is 126 Å². The first-order valence-electron chi connectivity index (χ1n) is 11.5. The summed E-state index contributed by atoms with van der Waals surface area (Å²) < 4.78 is 35.4. The van der Waals surface area contributed by atoms with Crippen LogP contribution in [-0.2, 0) is 14.8 Å². The third-order valence-electron chi connectivity index (χ3n) is 6.33. The Morgan fingerprint density at radius 1 is 1.06 bits per heavy atom. The number of benzene rings is 2. The van der Waals surface area contributed by atoms with E-state index < -0.39 is 38.7 Å². The summed E-state index contributed by atoms with van der Waals surface area (Å²) in [5.41, 5.74) is 2.76. The summed E-state index contributed by atoms with van der Waals surface area (Å²) in [6.45, 7) is 4.94. The summed E-state index contributed by atoms with van der Waals surface area (Å²) in [4.78, 5) is 23.2. The maximum Gasteiger partial charge on any atom is 0.321 e. The number of carboxylic acids is 1. The van der Waals surface area contributed by atoms with Crippen LogP contribution in [0.1, 0.15) is 41.9 Å². The lowest BCUT2D eigenvalue weighted by Crippen LogP contribution is -2.60. The molecule has 1 aliphatic rings. The van der Waals surface area contributed by atoms with Crippen molar-refractivity contribution in [2.24, 2.45) is 5.92 Å². The van der Waals surface area contributed by atoms with Gasteiger partial charge in [0.2, 0.25) is 10.0 Å². The number of aliphatic carboxylic acids is 1. The van der Waals surface area contributed by atoms with E-state index in [4.69, 9.17) is 4.42 Å². The summed E-state index contributed by atoms with van der Waals surface area (Å²) in [5.74, 6) is -2.54. The van der Waals surface area contributed by atoms with Crippen LogP contribution >= 0.6 is 0 Å². The van der Waals surface area contributed by atoms with Gasteiger partial charge in [-0.15, -0.1) is 0 Å². The SMILES string of the molecule is Cc1c(C(=O)NC2(S(=O)(=O)N[C@@H](C(=O)O)C(C)C)C=CC(c3ccccc3)=CC2)oc2ccccc12. The van der Waals surface area contributed by atoms with Crippen molar-refractivity contribution in [2.45, 2.75) is 38.1 Å². The second-order valence-electron chi connectivity index (χ2n) is 9.14. The van der Waals surface area contributed by atoms with Crippen LogP contribution in [0.15, 0.2) is 77.2 Å². The molecule has 3 N–H and O–H groups in total. The molecule has 1 aromatic heterocycles. The highest BCUT2D eigenvalue weighted by Crippen LogP contribution is 2.32. The highest BCUT2D eigenvalue weighted by Gasteiger charge is 2.46. The molecule has 0 spiro atoms. The van der Waals surface area contributed by atoms with Gasteiger partial charge >= 0.3 is 5.97 Å². The minimum atomic E-state index is -4.42. The Labute approximate surface area is 209 Å². The molecule has 36 heavy (non-hydrogen) atoms. The van der Waals surface area contributed by atoms with E-state index in [0.29, 0.717) is 11.1 Å². The van der Waals surface area contributed by atoms with Gasteiger partial charge in [0.1, 0.15) is 11.6 Å². The van der Waals surface area contributed by atoms with Crippen molar-refractivity contribution in [3.8, 4) is 0 Å². The lowest BCUT2D eigenvalue weighted by molar-refractivity contribution is -0.140. The number of allylic oxidation sites excluding steroid dienone is 2. The molecule has 188 valence electrons. The summed E-state index contributed by atoms with van der Waals surface area (Å²) in [6, 6.07) is 15.2. The number of carboxylic acid groups (broad SMARTS) is 1. The highest BCUT2D eigenvalue weighted by molar-refractivity contribution is 7.91. The van der Waals surface area contributed by atoms with E-state index in [-0.39, 0.29) is 12.2 Å². The van der Waals surface area contributed by atoms with E-state index in [1.807, 2.05) is 42.5 Å². The molecule has 1 unspecified atom stereocenters. The first-order chi connectivity index (χ1) is 17.0. The molecule has 2 atom stereocenters. The quantitative estimate of drug-likeness (QED) is 0.418. The number of aryl methyl sites for hydroxylation is 1. The van der Waals surface area contributed by atoms with E-state index in [0.717, 1.165) is 16.5 Å². The van der Waals surface area contributed by atoms with Gasteiger partial charge in [0.05, 0.1) is 0 Å². The van der Waals surface area contributed by atoms with Crippen LogP contribution in [0.2, 0.25) is 0 Å². The average Bonchev–Trinajstić information content (AvgIpc) is 3.20. The summed E-state index contributed by atoms with van der Waals surface area (Å²) in [7, 11) is -4.42. The normalized spacial score (nSPS) is 18.7. The summed E-state index contributed by atoms with van der Waals surface area (Å²) in [6.07, 6.45) is 4.62. The van der Waals surface area contributed by atoms with Crippen molar-refractivity contribution in [1.29, 1.82) is 0 Å². The predicted molar refractivity (Wildman–Crippen MR) is 138 cm³/mol. The second kappa shape index (κ2) is 9.75. The molecule has 8 nitrogen and oxygen atoms in total. The van der Waals surface area contributed by atoms with Crippen LogP contribution in [-0.4, -0.2) is 36.3 Å². The fourth-order valence-corrected chi connectivity index (χ4v) is 5.90. The zero-order valence-corrected chi connectivity index (χ0v) is 21.0. The fourth-order valence-electron chi connectivity index (χ4n) is 4.21. The lowest BCUT2D eigenvalue weighted by Gasteiger charge is -2.34. The van der Waals surface area contributed by atoms with Gasteiger partial charge in [-0.1, -0.05) is 74.5 Å². The van der Waals surface area contributed by atoms with Gasteiger partial charge in [-0.3, -0.25) is 9.59 Å². The number of hydrogen-bond donors (Lipinski definition) is 3. The van der Waals surface area contributed by atoms with Crippen LogP contribution < -0.4 is 10.0 Å². The molecule has 1 amide bonds. The molecule has 9 heteroatoms. The van der Waals surface area contributed by atoms with Gasteiger partial charge in [0.15, 0.2) is 10.6 Å².